The molecule has 0 aromatic carbocycles. The molecule has 0 rings (SSSR count). The standard InChI is InChI=1S/C24H43NO6/c1-5-9-10-11-12-13-14-15-25(16-19(6-2)22(26)27,17-20(7-3)23(28)29)18-21(8-4)24(30)31/h14-15,19-21H,5-13,16-18H2,1-4H3,(H2-,26,27,28,29,30,31)/p+1/b15-14+. The van der Waals surface area contributed by atoms with Gasteiger partial charge >= 0.3 is 17.9 Å². The summed E-state index contributed by atoms with van der Waals surface area (Å²) in [5.74, 6) is -4.76. The van der Waals surface area contributed by atoms with Gasteiger partial charge in [-0.1, -0.05) is 53.4 Å². The zero-order chi connectivity index (χ0) is 23.9. The number of unbranched alkanes of at least 4 members (excludes halogenated alkanes) is 5. The molecule has 0 aliphatic heterocycles. The molecule has 3 atom stereocenters. The van der Waals surface area contributed by atoms with E-state index in [1.165, 1.54) is 19.3 Å². The summed E-state index contributed by atoms with van der Waals surface area (Å²) >= 11 is 0. The van der Waals surface area contributed by atoms with E-state index < -0.39 is 35.7 Å². The minimum Gasteiger partial charge on any atom is -0.481 e. The lowest BCUT2D eigenvalue weighted by molar-refractivity contribution is -0.887. The Morgan fingerprint density at radius 1 is 0.677 bits per heavy atom. The Morgan fingerprint density at radius 2 is 1.06 bits per heavy atom. The van der Waals surface area contributed by atoms with Crippen LogP contribution in [0.2, 0.25) is 0 Å². The zero-order valence-electron chi connectivity index (χ0n) is 19.9. The number of carbonyl (C=O) groups is 3. The smallest absolute Gasteiger partial charge is 0.312 e. The van der Waals surface area contributed by atoms with Gasteiger partial charge in [0, 0.05) is 0 Å². The normalized spacial score (nSPS) is 16.5. The fourth-order valence-electron chi connectivity index (χ4n) is 4.03. The molecule has 0 aliphatic rings. The van der Waals surface area contributed by atoms with E-state index in [2.05, 4.69) is 6.92 Å². The van der Waals surface area contributed by atoms with Crippen LogP contribution in [0, 0.1) is 17.8 Å². The fraction of sp³-hybridized carbons (Fsp3) is 0.792. The second-order valence-electron chi connectivity index (χ2n) is 8.68. The largest absolute Gasteiger partial charge is 0.481 e. The first kappa shape index (κ1) is 29.1. The van der Waals surface area contributed by atoms with Gasteiger partial charge in [-0.2, -0.15) is 0 Å². The van der Waals surface area contributed by atoms with Gasteiger partial charge in [-0.25, -0.2) is 0 Å². The van der Waals surface area contributed by atoms with Crippen LogP contribution in [0.15, 0.2) is 12.3 Å². The third-order valence-corrected chi connectivity index (χ3v) is 6.17. The molecule has 3 N–H and O–H groups in total. The number of hydrogen-bond acceptors (Lipinski definition) is 3. The molecular weight excluding hydrogens is 398 g/mol. The van der Waals surface area contributed by atoms with Crippen LogP contribution in [0.5, 0.6) is 0 Å². The molecule has 0 aliphatic carbocycles. The summed E-state index contributed by atoms with van der Waals surface area (Å²) in [6.07, 6.45) is 11.6. The van der Waals surface area contributed by atoms with Gasteiger partial charge < -0.3 is 15.3 Å². The van der Waals surface area contributed by atoms with E-state index in [1.54, 1.807) is 20.8 Å². The SMILES string of the molecule is CCCCCCC/C=C/[N+](CC(CC)C(=O)O)(CC(CC)C(=O)O)CC(CC)C(=O)O. The summed E-state index contributed by atoms with van der Waals surface area (Å²) in [7, 11) is 0. The Kier molecular flexibility index (Phi) is 14.9. The molecule has 0 spiro atoms. The molecule has 7 heteroatoms. The number of carboxylic acid groups (broad SMARTS) is 3. The lowest BCUT2D eigenvalue weighted by Crippen LogP contribution is -2.54. The van der Waals surface area contributed by atoms with E-state index in [0.29, 0.717) is 19.3 Å². The van der Waals surface area contributed by atoms with Crippen LogP contribution in [-0.4, -0.2) is 57.3 Å². The molecule has 0 amide bonds. The van der Waals surface area contributed by atoms with E-state index in [4.69, 9.17) is 0 Å². The molecule has 0 saturated carbocycles. The molecule has 31 heavy (non-hydrogen) atoms. The van der Waals surface area contributed by atoms with Gasteiger partial charge in [0.15, 0.2) is 0 Å². The molecule has 3 unspecified atom stereocenters. The second kappa shape index (κ2) is 15.8. The molecule has 0 radical (unpaired) electrons. The number of nitrogens with zero attached hydrogens (tertiary/aromatic N) is 1. The highest BCUT2D eigenvalue weighted by atomic mass is 16.4. The van der Waals surface area contributed by atoms with Gasteiger partial charge in [-0.15, -0.1) is 0 Å². The average molecular weight is 443 g/mol. The molecule has 0 heterocycles. The van der Waals surface area contributed by atoms with Crippen molar-refractivity contribution in [1.82, 2.24) is 0 Å². The van der Waals surface area contributed by atoms with Crippen molar-refractivity contribution in [2.45, 2.75) is 85.5 Å². The van der Waals surface area contributed by atoms with Crippen LogP contribution in [0.1, 0.15) is 85.5 Å². The highest BCUT2D eigenvalue weighted by Crippen LogP contribution is 2.25. The molecule has 180 valence electrons. The number of aliphatic carboxylic acids is 3. The summed E-state index contributed by atoms with van der Waals surface area (Å²) in [5.41, 5.74) is 0. The number of carboxylic acids is 3. The van der Waals surface area contributed by atoms with Crippen molar-refractivity contribution in [2.75, 3.05) is 19.6 Å². The first-order valence-electron chi connectivity index (χ1n) is 11.9. The second-order valence-corrected chi connectivity index (χ2v) is 8.68. The van der Waals surface area contributed by atoms with Crippen LogP contribution in [0.4, 0.5) is 0 Å². The van der Waals surface area contributed by atoms with Crippen molar-refractivity contribution in [3.63, 3.8) is 0 Å². The Labute approximate surface area is 187 Å². The predicted molar refractivity (Wildman–Crippen MR) is 122 cm³/mol. The predicted octanol–water partition coefficient (Wildman–Crippen LogP) is 5.01. The molecule has 0 aromatic heterocycles. The third kappa shape index (κ3) is 11.3. The lowest BCUT2D eigenvalue weighted by atomic mass is 9.96. The minimum absolute atomic E-state index is 0.0788. The van der Waals surface area contributed by atoms with Crippen molar-refractivity contribution in [3.05, 3.63) is 12.3 Å². The maximum Gasteiger partial charge on any atom is 0.312 e. The van der Waals surface area contributed by atoms with E-state index in [9.17, 15) is 29.7 Å². The van der Waals surface area contributed by atoms with E-state index >= 15 is 0 Å². The van der Waals surface area contributed by atoms with Crippen molar-refractivity contribution in [3.8, 4) is 0 Å². The van der Waals surface area contributed by atoms with Crippen molar-refractivity contribution < 1.29 is 34.2 Å². The Hall–Kier alpha value is -1.89. The summed E-state index contributed by atoms with van der Waals surface area (Å²) in [6, 6.07) is 0. The van der Waals surface area contributed by atoms with E-state index in [1.807, 2.05) is 12.3 Å². The maximum atomic E-state index is 11.8. The van der Waals surface area contributed by atoms with Crippen molar-refractivity contribution >= 4 is 17.9 Å². The fourth-order valence-corrected chi connectivity index (χ4v) is 4.03. The molecule has 0 fully saturated rings. The molecular formula is C24H44NO6+. The van der Waals surface area contributed by atoms with Crippen LogP contribution in [-0.2, 0) is 14.4 Å². The van der Waals surface area contributed by atoms with E-state index in [0.717, 1.165) is 19.3 Å². The zero-order valence-corrected chi connectivity index (χ0v) is 19.9. The molecule has 0 bridgehead atoms. The van der Waals surface area contributed by atoms with Gasteiger partial charge in [-0.3, -0.25) is 18.9 Å². The van der Waals surface area contributed by atoms with Crippen LogP contribution in [0.3, 0.4) is 0 Å². The molecule has 7 nitrogen and oxygen atoms in total. The number of hydrogen-bond donors (Lipinski definition) is 3. The Morgan fingerprint density at radius 3 is 1.39 bits per heavy atom. The highest BCUT2D eigenvalue weighted by molar-refractivity contribution is 5.71. The number of allylic oxidation sites excluding steroid dienone is 1. The van der Waals surface area contributed by atoms with Gasteiger partial charge in [0.2, 0.25) is 0 Å². The minimum atomic E-state index is -0.926. The Bertz CT molecular complexity index is 515. The molecule has 0 saturated heterocycles. The van der Waals surface area contributed by atoms with Crippen LogP contribution in [0.25, 0.3) is 0 Å². The summed E-state index contributed by atoms with van der Waals surface area (Å²) < 4.78 is 0.0788. The van der Waals surface area contributed by atoms with Crippen LogP contribution >= 0.6 is 0 Å². The topological polar surface area (TPSA) is 112 Å². The van der Waals surface area contributed by atoms with Gasteiger partial charge in [-0.05, 0) is 38.2 Å². The number of quaternary nitrogens is 1. The monoisotopic (exact) mass is 442 g/mol. The quantitative estimate of drug-likeness (QED) is 0.191. The Balaban J connectivity index is 5.91. The van der Waals surface area contributed by atoms with Crippen LogP contribution < -0.4 is 0 Å². The first-order valence-corrected chi connectivity index (χ1v) is 11.9. The third-order valence-electron chi connectivity index (χ3n) is 6.17. The molecule has 0 aromatic rings. The summed E-state index contributed by atoms with van der Waals surface area (Å²) in [5, 5.41) is 29.0. The van der Waals surface area contributed by atoms with Crippen molar-refractivity contribution in [2.24, 2.45) is 17.8 Å². The number of rotatable bonds is 19. The van der Waals surface area contributed by atoms with Gasteiger partial charge in [0.25, 0.3) is 0 Å². The van der Waals surface area contributed by atoms with Gasteiger partial charge in [0.1, 0.15) is 17.8 Å². The highest BCUT2D eigenvalue weighted by Gasteiger charge is 2.39. The summed E-state index contributed by atoms with van der Waals surface area (Å²) in [6.45, 7) is 8.16. The van der Waals surface area contributed by atoms with Gasteiger partial charge in [0.05, 0.1) is 25.8 Å². The first-order chi connectivity index (χ1) is 14.7. The maximum absolute atomic E-state index is 11.8. The lowest BCUT2D eigenvalue weighted by Gasteiger charge is -2.40. The van der Waals surface area contributed by atoms with Crippen molar-refractivity contribution in [1.29, 1.82) is 0 Å². The summed E-state index contributed by atoms with van der Waals surface area (Å²) in [4.78, 5) is 35.4. The average Bonchev–Trinajstić information content (AvgIpc) is 2.72. The van der Waals surface area contributed by atoms with E-state index in [-0.39, 0.29) is 24.1 Å².